The van der Waals surface area contributed by atoms with Gasteiger partial charge in [0.1, 0.15) is 11.5 Å². The normalized spacial score (nSPS) is 12.5. The molecular weight excluding hydrogens is 248 g/mol. The Morgan fingerprint density at radius 3 is 2.44 bits per heavy atom. The van der Waals surface area contributed by atoms with Crippen LogP contribution in [0.25, 0.3) is 0 Å². The summed E-state index contributed by atoms with van der Waals surface area (Å²) in [6.07, 6.45) is -3.39. The Kier molecular flexibility index (Phi) is 4.43. The van der Waals surface area contributed by atoms with Gasteiger partial charge in [0.25, 0.3) is 6.43 Å². The van der Waals surface area contributed by atoms with Crippen molar-refractivity contribution >= 4 is 5.97 Å². The van der Waals surface area contributed by atoms with E-state index in [-0.39, 0.29) is 11.3 Å². The summed E-state index contributed by atoms with van der Waals surface area (Å²) in [6, 6.07) is 1.14. The summed E-state index contributed by atoms with van der Waals surface area (Å²) in [5, 5.41) is 18.3. The number of hydrogen-bond acceptors (Lipinski definition) is 4. The number of phenolic OH excluding ortho intramolecular Hbond substituents is 1. The van der Waals surface area contributed by atoms with Crippen LogP contribution < -0.4 is 10.5 Å². The Hall–Kier alpha value is -1.89. The highest BCUT2D eigenvalue weighted by Gasteiger charge is 2.22. The van der Waals surface area contributed by atoms with Gasteiger partial charge in [0.05, 0.1) is 19.1 Å². The molecule has 0 fully saturated rings. The van der Waals surface area contributed by atoms with Gasteiger partial charge in [0, 0.05) is 11.6 Å². The summed E-state index contributed by atoms with van der Waals surface area (Å²) < 4.78 is 30.2. The molecule has 1 rings (SSSR count). The van der Waals surface area contributed by atoms with Gasteiger partial charge in [-0.2, -0.15) is 0 Å². The number of ether oxygens (including phenoxy) is 1. The maximum Gasteiger partial charge on any atom is 0.305 e. The average Bonchev–Trinajstić information content (AvgIpc) is 2.27. The van der Waals surface area contributed by atoms with Crippen molar-refractivity contribution < 1.29 is 28.5 Å². The van der Waals surface area contributed by atoms with Crippen LogP contribution in [0.3, 0.4) is 0 Å². The minimum absolute atomic E-state index is 0.0768. The summed E-state index contributed by atoms with van der Waals surface area (Å²) in [6.45, 7) is 0. The molecule has 0 aliphatic heterocycles. The van der Waals surface area contributed by atoms with Gasteiger partial charge in [-0.25, -0.2) is 8.78 Å². The number of carboxylic acids is 1. The van der Waals surface area contributed by atoms with E-state index in [0.717, 1.165) is 6.07 Å². The molecular formula is C11H13F2NO4. The second kappa shape index (κ2) is 5.63. The highest BCUT2D eigenvalue weighted by atomic mass is 19.3. The number of aliphatic carboxylic acids is 1. The van der Waals surface area contributed by atoms with Gasteiger partial charge in [-0.1, -0.05) is 0 Å². The molecule has 1 atom stereocenters. The van der Waals surface area contributed by atoms with Crippen LogP contribution in [0.15, 0.2) is 12.1 Å². The third-order valence-corrected chi connectivity index (χ3v) is 2.41. The van der Waals surface area contributed by atoms with E-state index in [1.807, 2.05) is 0 Å². The van der Waals surface area contributed by atoms with E-state index in [2.05, 4.69) is 0 Å². The van der Waals surface area contributed by atoms with Crippen LogP contribution in [-0.4, -0.2) is 23.3 Å². The smallest absolute Gasteiger partial charge is 0.305 e. The molecule has 0 aliphatic carbocycles. The van der Waals surface area contributed by atoms with Crippen molar-refractivity contribution in [3.05, 3.63) is 23.3 Å². The number of carbonyl (C=O) groups is 1. The zero-order valence-electron chi connectivity index (χ0n) is 9.56. The Morgan fingerprint density at radius 2 is 2.00 bits per heavy atom. The monoisotopic (exact) mass is 261 g/mol. The van der Waals surface area contributed by atoms with Gasteiger partial charge in [0.2, 0.25) is 0 Å². The fourth-order valence-electron chi connectivity index (χ4n) is 1.52. The lowest BCUT2D eigenvalue weighted by Crippen LogP contribution is -2.15. The first-order valence-corrected chi connectivity index (χ1v) is 5.03. The highest BCUT2D eigenvalue weighted by Crippen LogP contribution is 2.37. The van der Waals surface area contributed by atoms with E-state index in [1.165, 1.54) is 13.2 Å². The molecule has 5 nitrogen and oxygen atoms in total. The Labute approximate surface area is 102 Å². The van der Waals surface area contributed by atoms with E-state index >= 15 is 0 Å². The van der Waals surface area contributed by atoms with Gasteiger partial charge < -0.3 is 20.7 Å². The number of hydrogen-bond donors (Lipinski definition) is 3. The van der Waals surface area contributed by atoms with Crippen molar-refractivity contribution in [1.29, 1.82) is 0 Å². The van der Waals surface area contributed by atoms with Crippen LogP contribution in [0.1, 0.15) is 30.0 Å². The first kappa shape index (κ1) is 14.2. The number of nitrogens with two attached hydrogens (primary N) is 1. The maximum atomic E-state index is 12.7. The van der Waals surface area contributed by atoms with Crippen molar-refractivity contribution in [2.24, 2.45) is 5.73 Å². The molecule has 18 heavy (non-hydrogen) atoms. The van der Waals surface area contributed by atoms with E-state index in [4.69, 9.17) is 15.6 Å². The number of benzene rings is 1. The number of methoxy groups -OCH3 is 1. The number of aromatic hydroxyl groups is 1. The molecule has 0 radical (unpaired) electrons. The van der Waals surface area contributed by atoms with E-state index < -0.39 is 36.2 Å². The van der Waals surface area contributed by atoms with Crippen molar-refractivity contribution in [3.63, 3.8) is 0 Å². The van der Waals surface area contributed by atoms with E-state index in [0.29, 0.717) is 0 Å². The SMILES string of the molecule is COc1cc(C(F)F)c(O)c(C(N)CC(=O)O)c1. The van der Waals surface area contributed by atoms with Crippen LogP contribution in [0, 0.1) is 0 Å². The zero-order chi connectivity index (χ0) is 13.9. The zero-order valence-corrected chi connectivity index (χ0v) is 9.56. The number of rotatable bonds is 5. The summed E-state index contributed by atoms with van der Waals surface area (Å²) in [5.41, 5.74) is 4.84. The quantitative estimate of drug-likeness (QED) is 0.751. The summed E-state index contributed by atoms with van der Waals surface area (Å²) in [5.74, 6) is -1.80. The maximum absolute atomic E-state index is 12.7. The molecule has 0 aliphatic rings. The topological polar surface area (TPSA) is 92.8 Å². The lowest BCUT2D eigenvalue weighted by Gasteiger charge is -2.16. The lowest BCUT2D eigenvalue weighted by molar-refractivity contribution is -0.137. The molecule has 1 unspecified atom stereocenters. The number of halogens is 2. The average molecular weight is 261 g/mol. The molecule has 1 aromatic carbocycles. The lowest BCUT2D eigenvalue weighted by atomic mass is 10.00. The van der Waals surface area contributed by atoms with Crippen molar-refractivity contribution in [1.82, 2.24) is 0 Å². The third-order valence-electron chi connectivity index (χ3n) is 2.41. The second-order valence-electron chi connectivity index (χ2n) is 3.66. The van der Waals surface area contributed by atoms with Crippen molar-refractivity contribution in [3.8, 4) is 11.5 Å². The van der Waals surface area contributed by atoms with Gasteiger partial charge >= 0.3 is 5.97 Å². The first-order chi connectivity index (χ1) is 8.36. The molecule has 0 amide bonds. The van der Waals surface area contributed by atoms with Gasteiger partial charge in [-0.05, 0) is 12.1 Å². The summed E-state index contributed by atoms with van der Waals surface area (Å²) in [7, 11) is 1.27. The Bertz CT molecular complexity index is 451. The second-order valence-corrected chi connectivity index (χ2v) is 3.66. The van der Waals surface area contributed by atoms with Gasteiger partial charge in [0.15, 0.2) is 0 Å². The highest BCUT2D eigenvalue weighted by molar-refractivity contribution is 5.68. The number of phenols is 1. The van der Waals surface area contributed by atoms with E-state index in [9.17, 15) is 18.7 Å². The fraction of sp³-hybridized carbons (Fsp3) is 0.364. The Balaban J connectivity index is 3.24. The van der Waals surface area contributed by atoms with Crippen LogP contribution in [-0.2, 0) is 4.79 Å². The molecule has 1 aromatic rings. The first-order valence-electron chi connectivity index (χ1n) is 5.03. The minimum atomic E-state index is -2.91. The van der Waals surface area contributed by atoms with Gasteiger partial charge in [-0.15, -0.1) is 0 Å². The molecule has 0 heterocycles. The third kappa shape index (κ3) is 3.07. The molecule has 4 N–H and O–H groups in total. The Morgan fingerprint density at radius 1 is 1.44 bits per heavy atom. The molecule has 0 spiro atoms. The molecule has 100 valence electrons. The van der Waals surface area contributed by atoms with E-state index in [1.54, 1.807) is 0 Å². The van der Waals surface area contributed by atoms with Gasteiger partial charge in [-0.3, -0.25) is 4.79 Å². The van der Waals surface area contributed by atoms with Crippen molar-refractivity contribution in [2.45, 2.75) is 18.9 Å². The van der Waals surface area contributed by atoms with Crippen LogP contribution >= 0.6 is 0 Å². The predicted molar refractivity (Wildman–Crippen MR) is 58.8 cm³/mol. The molecule has 0 bridgehead atoms. The number of carboxylic acid groups (broad SMARTS) is 1. The molecule has 7 heteroatoms. The molecule has 0 saturated heterocycles. The van der Waals surface area contributed by atoms with Crippen LogP contribution in [0.2, 0.25) is 0 Å². The summed E-state index contributed by atoms with van der Waals surface area (Å²) in [4.78, 5) is 10.5. The summed E-state index contributed by atoms with van der Waals surface area (Å²) >= 11 is 0. The largest absolute Gasteiger partial charge is 0.507 e. The molecule has 0 saturated carbocycles. The predicted octanol–water partition coefficient (Wildman–Crippen LogP) is 1.81. The standard InChI is InChI=1S/C11H13F2NO4/c1-18-5-2-6(8(14)4-9(15)16)10(17)7(3-5)11(12)13/h2-3,8,11,17H,4,14H2,1H3,(H,15,16). The van der Waals surface area contributed by atoms with Crippen LogP contribution in [0.5, 0.6) is 11.5 Å². The molecule has 0 aromatic heterocycles. The van der Waals surface area contributed by atoms with Crippen LogP contribution in [0.4, 0.5) is 8.78 Å². The fourth-order valence-corrected chi connectivity index (χ4v) is 1.52. The van der Waals surface area contributed by atoms with Crippen molar-refractivity contribution in [2.75, 3.05) is 7.11 Å². The minimum Gasteiger partial charge on any atom is -0.507 e. The number of alkyl halides is 2.